The summed E-state index contributed by atoms with van der Waals surface area (Å²) in [6.45, 7) is 4.77. The molecule has 18 heavy (non-hydrogen) atoms. The predicted molar refractivity (Wildman–Crippen MR) is 70.9 cm³/mol. The lowest BCUT2D eigenvalue weighted by molar-refractivity contribution is 0.558. The van der Waals surface area contributed by atoms with Crippen molar-refractivity contribution in [2.75, 3.05) is 6.54 Å². The molecule has 2 nitrogen and oxygen atoms in total. The fraction of sp³-hybridized carbons (Fsp3) is 0.267. The quantitative estimate of drug-likeness (QED) is 0.893. The molecule has 0 amide bonds. The second-order valence-corrected chi connectivity index (χ2v) is 4.31. The van der Waals surface area contributed by atoms with E-state index in [9.17, 15) is 4.39 Å². The third kappa shape index (κ3) is 2.74. The molecule has 1 N–H and O–H groups in total. The van der Waals surface area contributed by atoms with E-state index < -0.39 is 0 Å². The molecule has 0 fully saturated rings. The maximum Gasteiger partial charge on any atom is 0.128 e. The largest absolute Gasteiger partial charge is 0.306 e. The number of nitrogens with zero attached hydrogens (tertiary/aromatic N) is 1. The van der Waals surface area contributed by atoms with Crippen molar-refractivity contribution in [3.05, 3.63) is 65.2 Å². The molecule has 0 saturated carbocycles. The van der Waals surface area contributed by atoms with Crippen LogP contribution < -0.4 is 5.32 Å². The molecule has 3 heteroatoms. The molecule has 0 saturated heterocycles. The number of rotatable bonds is 4. The van der Waals surface area contributed by atoms with Gasteiger partial charge < -0.3 is 5.32 Å². The molecule has 1 unspecified atom stereocenters. The number of aryl methyl sites for hydroxylation is 1. The van der Waals surface area contributed by atoms with Crippen molar-refractivity contribution in [1.82, 2.24) is 10.3 Å². The van der Waals surface area contributed by atoms with Gasteiger partial charge in [0.05, 0.1) is 6.04 Å². The van der Waals surface area contributed by atoms with Crippen LogP contribution in [0.15, 0.2) is 42.7 Å². The molecule has 0 spiro atoms. The van der Waals surface area contributed by atoms with Crippen LogP contribution in [0.1, 0.15) is 29.7 Å². The first kappa shape index (κ1) is 12.7. The zero-order valence-electron chi connectivity index (χ0n) is 10.7. The minimum absolute atomic E-state index is 0.149. The second kappa shape index (κ2) is 5.74. The molecule has 0 bridgehead atoms. The van der Waals surface area contributed by atoms with Crippen molar-refractivity contribution in [2.45, 2.75) is 19.9 Å². The van der Waals surface area contributed by atoms with Crippen molar-refractivity contribution >= 4 is 0 Å². The van der Waals surface area contributed by atoms with Gasteiger partial charge in [0.1, 0.15) is 5.82 Å². The standard InChI is InChI=1S/C15H17FN2/c1-3-18-15(12-8-11(2)9-17-10-12)13-6-4-5-7-14(13)16/h4-10,15,18H,3H2,1-2H3. The van der Waals surface area contributed by atoms with E-state index in [2.05, 4.69) is 10.3 Å². The summed E-state index contributed by atoms with van der Waals surface area (Å²) in [5.74, 6) is -0.190. The molecule has 1 aromatic carbocycles. The number of nitrogens with one attached hydrogen (secondary N) is 1. The Morgan fingerprint density at radius 1 is 1.28 bits per heavy atom. The smallest absolute Gasteiger partial charge is 0.128 e. The molecule has 1 aromatic heterocycles. The molecule has 0 aliphatic carbocycles. The summed E-state index contributed by atoms with van der Waals surface area (Å²) in [5.41, 5.74) is 2.72. The molecular formula is C15H17FN2. The van der Waals surface area contributed by atoms with Crippen molar-refractivity contribution < 1.29 is 4.39 Å². The molecule has 2 rings (SSSR count). The Morgan fingerprint density at radius 3 is 2.72 bits per heavy atom. The van der Waals surface area contributed by atoms with Crippen LogP contribution in [0.3, 0.4) is 0 Å². The highest BCUT2D eigenvalue weighted by Gasteiger charge is 2.16. The van der Waals surface area contributed by atoms with Gasteiger partial charge in [0.15, 0.2) is 0 Å². The van der Waals surface area contributed by atoms with E-state index in [0.29, 0.717) is 5.56 Å². The Bertz CT molecular complexity index is 525. The molecular weight excluding hydrogens is 227 g/mol. The van der Waals surface area contributed by atoms with E-state index in [4.69, 9.17) is 0 Å². The van der Waals surface area contributed by atoms with Crippen LogP contribution in [0.2, 0.25) is 0 Å². The number of hydrogen-bond donors (Lipinski definition) is 1. The van der Waals surface area contributed by atoms with Crippen LogP contribution in [0.5, 0.6) is 0 Å². The van der Waals surface area contributed by atoms with E-state index in [-0.39, 0.29) is 11.9 Å². The van der Waals surface area contributed by atoms with Gasteiger partial charge in [-0.05, 0) is 30.7 Å². The first-order valence-electron chi connectivity index (χ1n) is 6.11. The molecule has 0 aliphatic rings. The third-order valence-electron chi connectivity index (χ3n) is 2.85. The van der Waals surface area contributed by atoms with Crippen LogP contribution >= 0.6 is 0 Å². The minimum Gasteiger partial charge on any atom is -0.306 e. The highest BCUT2D eigenvalue weighted by molar-refractivity contribution is 5.32. The lowest BCUT2D eigenvalue weighted by atomic mass is 9.98. The SMILES string of the molecule is CCNC(c1cncc(C)c1)c1ccccc1F. The fourth-order valence-electron chi connectivity index (χ4n) is 2.06. The first-order chi connectivity index (χ1) is 8.72. The van der Waals surface area contributed by atoms with E-state index in [1.165, 1.54) is 6.07 Å². The van der Waals surface area contributed by atoms with Gasteiger partial charge in [-0.25, -0.2) is 4.39 Å². The van der Waals surface area contributed by atoms with Gasteiger partial charge in [0.25, 0.3) is 0 Å². The van der Waals surface area contributed by atoms with Gasteiger partial charge in [-0.3, -0.25) is 4.98 Å². The Balaban J connectivity index is 2.43. The predicted octanol–water partition coefficient (Wildman–Crippen LogP) is 3.23. The molecule has 2 aromatic rings. The third-order valence-corrected chi connectivity index (χ3v) is 2.85. The molecule has 94 valence electrons. The Hall–Kier alpha value is -1.74. The Morgan fingerprint density at radius 2 is 2.06 bits per heavy atom. The number of benzene rings is 1. The molecule has 0 radical (unpaired) electrons. The van der Waals surface area contributed by atoms with Gasteiger partial charge in [0.2, 0.25) is 0 Å². The fourth-order valence-corrected chi connectivity index (χ4v) is 2.06. The summed E-state index contributed by atoms with van der Waals surface area (Å²) < 4.78 is 13.9. The van der Waals surface area contributed by atoms with E-state index >= 15 is 0 Å². The van der Waals surface area contributed by atoms with E-state index in [1.54, 1.807) is 18.5 Å². The number of hydrogen-bond acceptors (Lipinski definition) is 2. The summed E-state index contributed by atoms with van der Waals surface area (Å²) >= 11 is 0. The van der Waals surface area contributed by atoms with Crippen LogP contribution in [0.25, 0.3) is 0 Å². The molecule has 0 aliphatic heterocycles. The van der Waals surface area contributed by atoms with Crippen molar-refractivity contribution in [2.24, 2.45) is 0 Å². The van der Waals surface area contributed by atoms with Crippen LogP contribution in [-0.2, 0) is 0 Å². The summed E-state index contributed by atoms with van der Waals surface area (Å²) in [4.78, 5) is 4.18. The van der Waals surface area contributed by atoms with Crippen LogP contribution in [0, 0.1) is 12.7 Å². The summed E-state index contributed by atoms with van der Waals surface area (Å²) in [7, 11) is 0. The van der Waals surface area contributed by atoms with Crippen LogP contribution in [-0.4, -0.2) is 11.5 Å². The first-order valence-corrected chi connectivity index (χ1v) is 6.11. The Kier molecular flexibility index (Phi) is 4.05. The number of aromatic nitrogens is 1. The highest BCUT2D eigenvalue weighted by atomic mass is 19.1. The van der Waals surface area contributed by atoms with Gasteiger partial charge >= 0.3 is 0 Å². The lowest BCUT2D eigenvalue weighted by Crippen LogP contribution is -2.23. The zero-order chi connectivity index (χ0) is 13.0. The summed E-state index contributed by atoms with van der Waals surface area (Å²) in [6.07, 6.45) is 3.58. The van der Waals surface area contributed by atoms with E-state index in [1.807, 2.05) is 32.0 Å². The van der Waals surface area contributed by atoms with Crippen molar-refractivity contribution in [3.8, 4) is 0 Å². The maximum absolute atomic E-state index is 13.9. The van der Waals surface area contributed by atoms with Gasteiger partial charge in [-0.15, -0.1) is 0 Å². The average molecular weight is 244 g/mol. The zero-order valence-corrected chi connectivity index (χ0v) is 10.7. The average Bonchev–Trinajstić information content (AvgIpc) is 2.37. The highest BCUT2D eigenvalue weighted by Crippen LogP contribution is 2.24. The maximum atomic E-state index is 13.9. The monoisotopic (exact) mass is 244 g/mol. The van der Waals surface area contributed by atoms with Gasteiger partial charge in [-0.1, -0.05) is 31.2 Å². The number of pyridine rings is 1. The van der Waals surface area contributed by atoms with Crippen molar-refractivity contribution in [1.29, 1.82) is 0 Å². The summed E-state index contributed by atoms with van der Waals surface area (Å²) in [6, 6.07) is 8.74. The summed E-state index contributed by atoms with van der Waals surface area (Å²) in [5, 5.41) is 3.30. The molecule has 1 atom stereocenters. The van der Waals surface area contributed by atoms with E-state index in [0.717, 1.165) is 17.7 Å². The van der Waals surface area contributed by atoms with Crippen LogP contribution in [0.4, 0.5) is 4.39 Å². The van der Waals surface area contributed by atoms with Gasteiger partial charge in [-0.2, -0.15) is 0 Å². The number of halogens is 1. The Labute approximate surface area is 107 Å². The lowest BCUT2D eigenvalue weighted by Gasteiger charge is -2.19. The topological polar surface area (TPSA) is 24.9 Å². The normalized spacial score (nSPS) is 12.4. The van der Waals surface area contributed by atoms with Gasteiger partial charge in [0, 0.05) is 18.0 Å². The minimum atomic E-state index is -0.190. The molecule has 1 heterocycles. The van der Waals surface area contributed by atoms with Crippen molar-refractivity contribution in [3.63, 3.8) is 0 Å². The second-order valence-electron chi connectivity index (χ2n) is 4.31.